The lowest BCUT2D eigenvalue weighted by atomic mass is 10.1. The molecule has 0 spiro atoms. The first-order valence-corrected chi connectivity index (χ1v) is 7.50. The summed E-state index contributed by atoms with van der Waals surface area (Å²) in [6.07, 6.45) is 3.42. The zero-order valence-corrected chi connectivity index (χ0v) is 13.1. The Balaban J connectivity index is 1.61. The minimum Gasteiger partial charge on any atom is -0.267 e. The van der Waals surface area contributed by atoms with Crippen LogP contribution in [0.25, 0.3) is 11.1 Å². The van der Waals surface area contributed by atoms with E-state index in [0.29, 0.717) is 5.56 Å². The molecule has 2 amide bonds. The van der Waals surface area contributed by atoms with Crippen molar-refractivity contribution < 1.29 is 14.0 Å². The maximum atomic E-state index is 12.8. The van der Waals surface area contributed by atoms with Crippen molar-refractivity contribution in [2.24, 2.45) is 0 Å². The second-order valence-electron chi connectivity index (χ2n) is 5.23. The first-order valence-electron chi connectivity index (χ1n) is 7.50. The van der Waals surface area contributed by atoms with Crippen LogP contribution in [0.5, 0.6) is 0 Å². The van der Waals surface area contributed by atoms with Crippen LogP contribution in [0.3, 0.4) is 0 Å². The van der Waals surface area contributed by atoms with E-state index in [2.05, 4.69) is 15.8 Å². The molecule has 0 aliphatic rings. The van der Waals surface area contributed by atoms with E-state index in [0.717, 1.165) is 11.1 Å². The van der Waals surface area contributed by atoms with Gasteiger partial charge in [0.05, 0.1) is 0 Å². The lowest BCUT2D eigenvalue weighted by molar-refractivity contribution is 0.0846. The van der Waals surface area contributed by atoms with Gasteiger partial charge in [0, 0.05) is 23.5 Å². The largest absolute Gasteiger partial charge is 0.269 e. The van der Waals surface area contributed by atoms with Crippen molar-refractivity contribution in [3.63, 3.8) is 0 Å². The zero-order chi connectivity index (χ0) is 17.6. The van der Waals surface area contributed by atoms with Crippen molar-refractivity contribution in [3.05, 3.63) is 90.0 Å². The Morgan fingerprint density at radius 1 is 0.760 bits per heavy atom. The lowest BCUT2D eigenvalue weighted by Crippen LogP contribution is -2.41. The Labute approximate surface area is 143 Å². The molecule has 3 aromatic rings. The minimum atomic E-state index is -0.527. The summed E-state index contributed by atoms with van der Waals surface area (Å²) in [7, 11) is 0. The Morgan fingerprint density at radius 3 is 1.84 bits per heavy atom. The van der Waals surface area contributed by atoms with Gasteiger partial charge in [0.25, 0.3) is 11.8 Å². The van der Waals surface area contributed by atoms with Gasteiger partial charge in [-0.15, -0.1) is 0 Å². The molecule has 2 aromatic carbocycles. The molecule has 0 unspecified atom stereocenters. The number of nitrogens with zero attached hydrogens (tertiary/aromatic N) is 1. The van der Waals surface area contributed by atoms with Gasteiger partial charge < -0.3 is 0 Å². The molecule has 5 nitrogen and oxygen atoms in total. The number of halogens is 1. The number of hydrogen-bond acceptors (Lipinski definition) is 3. The molecule has 0 fully saturated rings. The van der Waals surface area contributed by atoms with Gasteiger partial charge in [0.15, 0.2) is 0 Å². The van der Waals surface area contributed by atoms with Gasteiger partial charge in [-0.1, -0.05) is 18.2 Å². The summed E-state index contributed by atoms with van der Waals surface area (Å²) in [5, 5.41) is 0. The predicted octanol–water partition coefficient (Wildman–Crippen LogP) is 2.96. The monoisotopic (exact) mass is 335 g/mol. The maximum Gasteiger partial charge on any atom is 0.269 e. The molecule has 2 N–H and O–H groups in total. The van der Waals surface area contributed by atoms with Crippen molar-refractivity contribution in [3.8, 4) is 11.1 Å². The molecule has 0 bridgehead atoms. The number of rotatable bonds is 3. The predicted molar refractivity (Wildman–Crippen MR) is 91.0 cm³/mol. The summed E-state index contributed by atoms with van der Waals surface area (Å²) in [6, 6.07) is 15.7. The fourth-order valence-electron chi connectivity index (χ4n) is 2.21. The zero-order valence-electron chi connectivity index (χ0n) is 13.1. The number of amides is 2. The summed E-state index contributed by atoms with van der Waals surface area (Å²) >= 11 is 0. The van der Waals surface area contributed by atoms with Crippen molar-refractivity contribution in [1.82, 2.24) is 15.8 Å². The van der Waals surface area contributed by atoms with Crippen LogP contribution in [0, 0.1) is 5.82 Å². The molecule has 124 valence electrons. The first kappa shape index (κ1) is 16.3. The highest BCUT2D eigenvalue weighted by atomic mass is 19.1. The van der Waals surface area contributed by atoms with E-state index in [-0.39, 0.29) is 5.56 Å². The number of carbonyl (C=O) groups is 2. The van der Waals surface area contributed by atoms with Crippen LogP contribution in [0.1, 0.15) is 20.7 Å². The third-order valence-corrected chi connectivity index (χ3v) is 3.54. The average molecular weight is 335 g/mol. The number of hydrogen-bond donors (Lipinski definition) is 2. The standard InChI is InChI=1S/C19H14FN3O2/c20-17-9-7-15(8-10-17)19(25)23-22-18(24)14-5-3-13(4-6-14)16-2-1-11-21-12-16/h1-12H,(H,22,24)(H,23,25). The lowest BCUT2D eigenvalue weighted by Gasteiger charge is -2.08. The summed E-state index contributed by atoms with van der Waals surface area (Å²) in [5.74, 6) is -1.41. The highest BCUT2D eigenvalue weighted by Crippen LogP contribution is 2.18. The van der Waals surface area contributed by atoms with E-state index in [4.69, 9.17) is 0 Å². The van der Waals surface area contributed by atoms with Crippen molar-refractivity contribution in [2.45, 2.75) is 0 Å². The van der Waals surface area contributed by atoms with Gasteiger partial charge in [-0.05, 0) is 53.6 Å². The van der Waals surface area contributed by atoms with Gasteiger partial charge >= 0.3 is 0 Å². The highest BCUT2D eigenvalue weighted by molar-refractivity contribution is 5.99. The Kier molecular flexibility index (Phi) is 4.80. The fraction of sp³-hybridized carbons (Fsp3) is 0. The summed E-state index contributed by atoms with van der Waals surface area (Å²) in [4.78, 5) is 28.0. The number of aromatic nitrogens is 1. The van der Waals surface area contributed by atoms with Crippen LogP contribution in [0.2, 0.25) is 0 Å². The van der Waals surface area contributed by atoms with Crippen LogP contribution >= 0.6 is 0 Å². The van der Waals surface area contributed by atoms with E-state index in [1.807, 2.05) is 12.1 Å². The third-order valence-electron chi connectivity index (χ3n) is 3.54. The van der Waals surface area contributed by atoms with Gasteiger partial charge in [-0.25, -0.2) is 4.39 Å². The molecule has 6 heteroatoms. The maximum absolute atomic E-state index is 12.8. The second kappa shape index (κ2) is 7.35. The number of carbonyl (C=O) groups excluding carboxylic acids is 2. The van der Waals surface area contributed by atoms with Crippen LogP contribution in [-0.2, 0) is 0 Å². The summed E-state index contributed by atoms with van der Waals surface area (Å²) in [5.41, 5.74) is 7.13. The molecule has 1 aromatic heterocycles. The second-order valence-corrected chi connectivity index (χ2v) is 5.23. The van der Waals surface area contributed by atoms with Crippen LogP contribution in [-0.4, -0.2) is 16.8 Å². The molecule has 0 aliphatic carbocycles. The molecule has 0 aliphatic heterocycles. The summed E-state index contributed by atoms with van der Waals surface area (Å²) in [6.45, 7) is 0. The minimum absolute atomic E-state index is 0.244. The Bertz CT molecular complexity index is 879. The van der Waals surface area contributed by atoms with E-state index in [1.54, 1.807) is 36.7 Å². The van der Waals surface area contributed by atoms with E-state index >= 15 is 0 Å². The molecule has 3 rings (SSSR count). The van der Waals surface area contributed by atoms with Gasteiger partial charge in [0.2, 0.25) is 0 Å². The SMILES string of the molecule is O=C(NNC(=O)c1ccc(-c2cccnc2)cc1)c1ccc(F)cc1. The summed E-state index contributed by atoms with van der Waals surface area (Å²) < 4.78 is 12.8. The van der Waals surface area contributed by atoms with Crippen LogP contribution in [0.4, 0.5) is 4.39 Å². The van der Waals surface area contributed by atoms with Crippen LogP contribution in [0.15, 0.2) is 73.1 Å². The van der Waals surface area contributed by atoms with E-state index < -0.39 is 17.6 Å². The highest BCUT2D eigenvalue weighted by Gasteiger charge is 2.09. The molecule has 0 saturated heterocycles. The van der Waals surface area contributed by atoms with Crippen molar-refractivity contribution >= 4 is 11.8 Å². The number of nitrogens with one attached hydrogen (secondary N) is 2. The van der Waals surface area contributed by atoms with Gasteiger partial charge in [-0.2, -0.15) is 0 Å². The normalized spacial score (nSPS) is 10.1. The van der Waals surface area contributed by atoms with Crippen molar-refractivity contribution in [1.29, 1.82) is 0 Å². The molecular formula is C19H14FN3O2. The molecular weight excluding hydrogens is 321 g/mol. The van der Waals surface area contributed by atoms with E-state index in [9.17, 15) is 14.0 Å². The van der Waals surface area contributed by atoms with Gasteiger partial charge in [-0.3, -0.25) is 25.4 Å². The van der Waals surface area contributed by atoms with E-state index in [1.165, 1.54) is 24.3 Å². The Hall–Kier alpha value is -3.54. The molecule has 0 atom stereocenters. The molecule has 25 heavy (non-hydrogen) atoms. The number of benzene rings is 2. The van der Waals surface area contributed by atoms with Crippen LogP contribution < -0.4 is 10.9 Å². The molecule has 0 saturated carbocycles. The molecule has 0 radical (unpaired) electrons. The molecule has 1 heterocycles. The first-order chi connectivity index (χ1) is 12.1. The topological polar surface area (TPSA) is 71.1 Å². The van der Waals surface area contributed by atoms with Gasteiger partial charge in [0.1, 0.15) is 5.82 Å². The number of pyridine rings is 1. The fourth-order valence-corrected chi connectivity index (χ4v) is 2.21. The Morgan fingerprint density at radius 2 is 1.32 bits per heavy atom. The number of hydrazine groups is 1. The third kappa shape index (κ3) is 4.06. The quantitative estimate of drug-likeness (QED) is 0.723. The average Bonchev–Trinajstić information content (AvgIpc) is 2.67. The van der Waals surface area contributed by atoms with Crippen molar-refractivity contribution in [2.75, 3.05) is 0 Å². The smallest absolute Gasteiger partial charge is 0.267 e.